The van der Waals surface area contributed by atoms with Gasteiger partial charge in [0.05, 0.1) is 41.5 Å². The maximum Gasteiger partial charge on any atom is 0.336 e. The van der Waals surface area contributed by atoms with Crippen molar-refractivity contribution in [1.29, 1.82) is 0 Å². The van der Waals surface area contributed by atoms with E-state index in [1.165, 1.54) is 0 Å². The summed E-state index contributed by atoms with van der Waals surface area (Å²) < 4.78 is 6.08. The first-order valence-electron chi connectivity index (χ1n) is 7.77. The molecule has 0 saturated heterocycles. The molecule has 140 valence electrons. The largest absolute Gasteiger partial charge is 0.467 e. The van der Waals surface area contributed by atoms with E-state index in [4.69, 9.17) is 23.2 Å². The van der Waals surface area contributed by atoms with Crippen molar-refractivity contribution in [1.82, 2.24) is 15.1 Å². The van der Waals surface area contributed by atoms with Gasteiger partial charge in [-0.15, -0.1) is 0 Å². The number of rotatable bonds is 6. The number of aliphatic hydroxyl groups excluding tert-OH is 1. The highest BCUT2D eigenvalue weighted by molar-refractivity contribution is 6.42. The summed E-state index contributed by atoms with van der Waals surface area (Å²) in [6.45, 7) is 3.42. The smallest absolute Gasteiger partial charge is 0.336 e. The average Bonchev–Trinajstić information content (AvgIpc) is 2.89. The Bertz CT molecular complexity index is 836. The first-order chi connectivity index (χ1) is 12.2. The molecule has 0 aliphatic carbocycles. The summed E-state index contributed by atoms with van der Waals surface area (Å²) in [6, 6.07) is 5.15. The van der Waals surface area contributed by atoms with Crippen LogP contribution < -0.4 is 5.32 Å². The van der Waals surface area contributed by atoms with Crippen LogP contribution in [-0.2, 0) is 20.7 Å². The van der Waals surface area contributed by atoms with E-state index in [0.717, 1.165) is 24.1 Å². The number of aryl methyl sites for hydroxylation is 1. The minimum atomic E-state index is -1.40. The lowest BCUT2D eigenvalue weighted by Crippen LogP contribution is -2.38. The molecule has 1 aromatic carbocycles. The van der Waals surface area contributed by atoms with Crippen LogP contribution >= 0.6 is 23.2 Å². The third kappa shape index (κ3) is 4.55. The fourth-order valence-corrected chi connectivity index (χ4v) is 2.74. The molecule has 0 spiro atoms. The summed E-state index contributed by atoms with van der Waals surface area (Å²) in [5, 5.41) is 17.3. The second-order valence-electron chi connectivity index (χ2n) is 5.68. The normalized spacial score (nSPS) is 11.9. The molecule has 2 N–H and O–H groups in total. The molecule has 0 aliphatic rings. The van der Waals surface area contributed by atoms with Crippen LogP contribution in [0.15, 0.2) is 18.2 Å². The van der Waals surface area contributed by atoms with Crippen molar-refractivity contribution in [2.24, 2.45) is 0 Å². The Morgan fingerprint density at radius 2 is 2.00 bits per heavy atom. The number of carbonyl (C=O) groups excluding carboxylic acids is 2. The molecule has 1 amide bonds. The van der Waals surface area contributed by atoms with E-state index in [9.17, 15) is 14.7 Å². The number of ether oxygens (including phenoxy) is 1. The lowest BCUT2D eigenvalue weighted by molar-refractivity contribution is -0.150. The van der Waals surface area contributed by atoms with Crippen LogP contribution in [0.1, 0.15) is 17.0 Å². The second-order valence-corrected chi connectivity index (χ2v) is 6.49. The predicted octanol–water partition coefficient (Wildman–Crippen LogP) is 1.99. The Labute approximate surface area is 160 Å². The predicted molar refractivity (Wildman–Crippen MR) is 97.8 cm³/mol. The zero-order chi connectivity index (χ0) is 19.4. The van der Waals surface area contributed by atoms with Gasteiger partial charge in [0.25, 0.3) is 0 Å². The molecule has 7 nitrogen and oxygen atoms in total. The molecule has 2 rings (SSSR count). The molecule has 2 aromatic rings. The van der Waals surface area contributed by atoms with Crippen molar-refractivity contribution < 1.29 is 19.4 Å². The van der Waals surface area contributed by atoms with E-state index in [1.54, 1.807) is 29.8 Å². The first-order valence-corrected chi connectivity index (χ1v) is 8.53. The minimum Gasteiger partial charge on any atom is -0.467 e. The van der Waals surface area contributed by atoms with Gasteiger partial charge in [-0.05, 0) is 32.0 Å². The maximum absolute atomic E-state index is 12.1. The highest BCUT2D eigenvalue weighted by Gasteiger charge is 2.19. The molecule has 0 aliphatic heterocycles. The van der Waals surface area contributed by atoms with Crippen LogP contribution in [0.25, 0.3) is 5.69 Å². The molecule has 1 atom stereocenters. The Balaban J connectivity index is 2.13. The van der Waals surface area contributed by atoms with Gasteiger partial charge in [-0.25, -0.2) is 9.48 Å². The Morgan fingerprint density at radius 1 is 1.31 bits per heavy atom. The molecule has 1 aromatic heterocycles. The maximum atomic E-state index is 12.1. The number of aromatic nitrogens is 2. The van der Waals surface area contributed by atoms with Crippen molar-refractivity contribution in [2.75, 3.05) is 13.7 Å². The van der Waals surface area contributed by atoms with Gasteiger partial charge in [-0.3, -0.25) is 4.79 Å². The minimum absolute atomic E-state index is 0.0624. The summed E-state index contributed by atoms with van der Waals surface area (Å²) in [6.07, 6.45) is -1.34. The third-order valence-electron chi connectivity index (χ3n) is 3.89. The number of benzene rings is 1. The number of nitrogens with zero attached hydrogens (tertiary/aromatic N) is 2. The van der Waals surface area contributed by atoms with Crippen LogP contribution in [-0.4, -0.2) is 46.5 Å². The Hall–Kier alpha value is -2.09. The second kappa shape index (κ2) is 8.53. The number of halogens is 2. The van der Waals surface area contributed by atoms with Crippen molar-refractivity contribution in [3.8, 4) is 5.69 Å². The number of methoxy groups -OCH3 is 1. The van der Waals surface area contributed by atoms with E-state index >= 15 is 0 Å². The van der Waals surface area contributed by atoms with Crippen LogP contribution in [0, 0.1) is 13.8 Å². The van der Waals surface area contributed by atoms with Crippen LogP contribution in [0.2, 0.25) is 10.0 Å². The number of esters is 1. The fraction of sp³-hybridized carbons (Fsp3) is 0.353. The topological polar surface area (TPSA) is 93.4 Å². The van der Waals surface area contributed by atoms with Crippen molar-refractivity contribution in [2.45, 2.75) is 26.4 Å². The molecule has 26 heavy (non-hydrogen) atoms. The average molecular weight is 400 g/mol. The highest BCUT2D eigenvalue weighted by Crippen LogP contribution is 2.26. The SMILES string of the molecule is COC(=O)C(O)CNC(=O)Cc1c(C)nn(-c2ccc(Cl)c(Cl)c2)c1C. The fourth-order valence-electron chi connectivity index (χ4n) is 2.45. The van der Waals surface area contributed by atoms with Gasteiger partial charge in [0.1, 0.15) is 0 Å². The van der Waals surface area contributed by atoms with Crippen molar-refractivity contribution in [3.63, 3.8) is 0 Å². The molecule has 1 heterocycles. The van der Waals surface area contributed by atoms with Crippen molar-refractivity contribution >= 4 is 35.1 Å². The molecule has 9 heteroatoms. The number of aliphatic hydroxyl groups is 1. The van der Waals surface area contributed by atoms with Gasteiger partial charge >= 0.3 is 5.97 Å². The van der Waals surface area contributed by atoms with Crippen LogP contribution in [0.3, 0.4) is 0 Å². The monoisotopic (exact) mass is 399 g/mol. The van der Waals surface area contributed by atoms with Gasteiger partial charge in [-0.1, -0.05) is 23.2 Å². The van der Waals surface area contributed by atoms with E-state index in [1.807, 2.05) is 6.92 Å². The van der Waals surface area contributed by atoms with Gasteiger partial charge < -0.3 is 15.2 Å². The first kappa shape index (κ1) is 20.2. The number of hydrogen-bond donors (Lipinski definition) is 2. The highest BCUT2D eigenvalue weighted by atomic mass is 35.5. The molecular weight excluding hydrogens is 381 g/mol. The van der Waals surface area contributed by atoms with E-state index < -0.39 is 12.1 Å². The lowest BCUT2D eigenvalue weighted by atomic mass is 10.1. The summed E-state index contributed by atoms with van der Waals surface area (Å²) in [4.78, 5) is 23.3. The van der Waals surface area contributed by atoms with Crippen LogP contribution in [0.4, 0.5) is 0 Å². The lowest BCUT2D eigenvalue weighted by Gasteiger charge is -2.10. The van der Waals surface area contributed by atoms with Gasteiger partial charge in [0.15, 0.2) is 6.10 Å². The van der Waals surface area contributed by atoms with E-state index in [-0.39, 0.29) is 18.9 Å². The quantitative estimate of drug-likeness (QED) is 0.724. The molecule has 1 unspecified atom stereocenters. The number of amides is 1. The summed E-state index contributed by atoms with van der Waals surface area (Å²) in [5.41, 5.74) is 2.95. The zero-order valence-electron chi connectivity index (χ0n) is 14.5. The van der Waals surface area contributed by atoms with Gasteiger partial charge in [0.2, 0.25) is 5.91 Å². The number of nitrogens with one attached hydrogen (secondary N) is 1. The number of carbonyl (C=O) groups is 2. The molecule has 0 saturated carbocycles. The van der Waals surface area contributed by atoms with Crippen molar-refractivity contribution in [3.05, 3.63) is 45.2 Å². The molecule has 0 bridgehead atoms. The van der Waals surface area contributed by atoms with Gasteiger partial charge in [0, 0.05) is 11.3 Å². The van der Waals surface area contributed by atoms with E-state index in [2.05, 4.69) is 15.2 Å². The molecule has 0 radical (unpaired) electrons. The standard InChI is InChI=1S/C17H19Cl2N3O4/c1-9-12(7-16(24)20-8-15(23)17(25)26-3)10(2)22(21-9)11-4-5-13(18)14(19)6-11/h4-6,15,23H,7-8H2,1-3H3,(H,20,24). The van der Waals surface area contributed by atoms with Gasteiger partial charge in [-0.2, -0.15) is 5.10 Å². The third-order valence-corrected chi connectivity index (χ3v) is 4.63. The Morgan fingerprint density at radius 3 is 2.62 bits per heavy atom. The molecular formula is C17H19Cl2N3O4. The molecule has 0 fully saturated rings. The summed E-state index contributed by atoms with van der Waals surface area (Å²) in [5.74, 6) is -1.14. The number of hydrogen-bond acceptors (Lipinski definition) is 5. The van der Waals surface area contributed by atoms with E-state index in [0.29, 0.717) is 15.7 Å². The van der Waals surface area contributed by atoms with Crippen LogP contribution in [0.5, 0.6) is 0 Å². The summed E-state index contributed by atoms with van der Waals surface area (Å²) >= 11 is 12.0. The Kier molecular flexibility index (Phi) is 6.63. The summed E-state index contributed by atoms with van der Waals surface area (Å²) in [7, 11) is 1.16. The zero-order valence-corrected chi connectivity index (χ0v) is 16.1.